The highest BCUT2D eigenvalue weighted by molar-refractivity contribution is 5.87. The highest BCUT2D eigenvalue weighted by Gasteiger charge is 2.56. The number of rotatable bonds is 17. The Kier molecular flexibility index (Phi) is 18.5. The van der Waals surface area contributed by atoms with Gasteiger partial charge in [-0.3, -0.25) is 19.9 Å². The summed E-state index contributed by atoms with van der Waals surface area (Å²) in [5, 5.41) is 19.9. The first kappa shape index (κ1) is 56.3. The molecule has 398 valence electrons. The molecule has 2 aliphatic heterocycles. The largest absolute Gasteiger partial charge is 0.453 e. The zero-order valence-electron chi connectivity index (χ0n) is 42.1. The lowest BCUT2D eigenvalue weighted by molar-refractivity contribution is -0.220. The number of alkyl carbamates (subject to hydrolysis) is 2. The number of ether oxygens (including phenoxy) is 3. The van der Waals surface area contributed by atoms with Gasteiger partial charge in [-0.2, -0.15) is 13.2 Å². The molecule has 74 heavy (non-hydrogen) atoms. The molecule has 2 aromatic heterocycles. The van der Waals surface area contributed by atoms with Gasteiger partial charge < -0.3 is 40.2 Å². The summed E-state index contributed by atoms with van der Waals surface area (Å²) in [5.41, 5.74) is -0.364. The number of aliphatic hydroxyl groups excluding tert-OH is 1. The normalized spacial score (nSPS) is 16.1. The topological polar surface area (TPSA) is 213 Å². The fourth-order valence-electron chi connectivity index (χ4n) is 8.08. The van der Waals surface area contributed by atoms with Crippen molar-refractivity contribution in [2.45, 2.75) is 84.0 Å². The zero-order chi connectivity index (χ0) is 54.0. The molecule has 0 saturated carbocycles. The number of nitrogens with one attached hydrogen (secondary N) is 4. The average molecular weight is 1040 g/mol. The minimum absolute atomic E-state index is 0.00878. The van der Waals surface area contributed by atoms with Crippen molar-refractivity contribution in [3.8, 4) is 23.2 Å². The summed E-state index contributed by atoms with van der Waals surface area (Å²) >= 11 is 0. The predicted octanol–water partition coefficient (Wildman–Crippen LogP) is 4.74. The van der Waals surface area contributed by atoms with Crippen molar-refractivity contribution in [1.29, 1.82) is 0 Å². The fourth-order valence-corrected chi connectivity index (χ4v) is 8.08. The summed E-state index contributed by atoms with van der Waals surface area (Å²) in [7, 11) is 1.98. The molecule has 4 atom stereocenters. The number of halogens is 5. The van der Waals surface area contributed by atoms with E-state index in [1.807, 2.05) is 17.4 Å². The van der Waals surface area contributed by atoms with E-state index in [9.17, 15) is 37.5 Å². The lowest BCUT2D eigenvalue weighted by Crippen LogP contribution is -2.63. The zero-order valence-corrected chi connectivity index (χ0v) is 42.1. The van der Waals surface area contributed by atoms with Gasteiger partial charge in [0.2, 0.25) is 5.91 Å². The summed E-state index contributed by atoms with van der Waals surface area (Å²) in [4.78, 5) is 70.2. The number of hydrogen-bond acceptors (Lipinski definition) is 14. The van der Waals surface area contributed by atoms with Crippen molar-refractivity contribution in [3.05, 3.63) is 107 Å². The molecule has 2 aliphatic rings. The summed E-state index contributed by atoms with van der Waals surface area (Å²) < 4.78 is 90.2. The van der Waals surface area contributed by atoms with Gasteiger partial charge in [-0.25, -0.2) is 38.3 Å². The molecular formula is C51H61F5N10O8. The van der Waals surface area contributed by atoms with Crippen LogP contribution in [0.3, 0.4) is 0 Å². The summed E-state index contributed by atoms with van der Waals surface area (Å²) in [6, 6.07) is 9.06. The van der Waals surface area contributed by atoms with E-state index in [0.29, 0.717) is 36.6 Å². The Morgan fingerprint density at radius 3 is 1.92 bits per heavy atom. The maximum absolute atomic E-state index is 16.0. The molecule has 0 spiro atoms. The molecule has 4 unspecified atom stereocenters. The number of piperazine rings is 1. The minimum atomic E-state index is -5.06. The lowest BCUT2D eigenvalue weighted by atomic mass is 9.82. The summed E-state index contributed by atoms with van der Waals surface area (Å²) in [5.74, 6) is 2.51. The maximum Gasteiger partial charge on any atom is 0.407 e. The van der Waals surface area contributed by atoms with Crippen molar-refractivity contribution in [2.75, 3.05) is 65.1 Å². The van der Waals surface area contributed by atoms with E-state index in [4.69, 9.17) is 9.47 Å². The Hall–Kier alpha value is -7.00. The van der Waals surface area contributed by atoms with Gasteiger partial charge in [0.1, 0.15) is 29.5 Å². The smallest absolute Gasteiger partial charge is 0.407 e. The molecule has 2 aromatic carbocycles. The Morgan fingerprint density at radius 1 is 0.811 bits per heavy atom. The number of aliphatic hydroxyl groups is 1. The molecule has 2 fully saturated rings. The van der Waals surface area contributed by atoms with E-state index < -0.39 is 95.5 Å². The second kappa shape index (κ2) is 24.4. The number of amides is 4. The molecule has 0 aliphatic carbocycles. The molecule has 5 N–H and O–H groups in total. The van der Waals surface area contributed by atoms with Crippen molar-refractivity contribution in [2.24, 2.45) is 10.8 Å². The maximum atomic E-state index is 16.0. The van der Waals surface area contributed by atoms with E-state index >= 15 is 8.78 Å². The summed E-state index contributed by atoms with van der Waals surface area (Å²) in [6.07, 6.45) is -5.09. The molecule has 2 saturated heterocycles. The van der Waals surface area contributed by atoms with E-state index in [1.54, 1.807) is 51.2 Å². The standard InChI is InChI=1S/C51H61F5N10O8/c1-49(2,3)42(61-47(70)72-6)46(69)63-66(27-36-37(52)24-34(25-38(36)53)44-57-17-8-18-58-44)28-40(67)39(60-45(68)43(62-48(71)73-7)50(4,5)51(54,55)56)23-32-12-9-31(10-13-32)11-14-33-15-16-41(59-26-33)65-21-19-64(20-22-65)35-29-74-30-35/h8-10,12-13,15-18,24-26,35,39-40,42-43,67H,19-23,27-30H2,1-7H3,(H,60,68)(H,61,70)(H,62,71)(H,63,69). The van der Waals surface area contributed by atoms with Crippen LogP contribution in [-0.2, 0) is 36.8 Å². The number of aromatic nitrogens is 3. The van der Waals surface area contributed by atoms with Gasteiger partial charge in [0.15, 0.2) is 5.82 Å². The lowest BCUT2D eigenvalue weighted by Gasteiger charge is -2.42. The van der Waals surface area contributed by atoms with E-state index in [2.05, 4.69) is 57.4 Å². The molecule has 4 amide bonds. The number of alkyl halides is 3. The Labute approximate surface area is 425 Å². The van der Waals surface area contributed by atoms with Gasteiger partial charge in [0.05, 0.1) is 51.0 Å². The Morgan fingerprint density at radius 2 is 1.39 bits per heavy atom. The summed E-state index contributed by atoms with van der Waals surface area (Å²) in [6.45, 7) is 9.75. The second-order valence-corrected chi connectivity index (χ2v) is 19.5. The van der Waals surface area contributed by atoms with E-state index in [-0.39, 0.29) is 17.8 Å². The van der Waals surface area contributed by atoms with Gasteiger partial charge in [-0.15, -0.1) is 0 Å². The highest BCUT2D eigenvalue weighted by atomic mass is 19.4. The number of carbonyl (C=O) groups excluding carboxylic acids is 4. The van der Waals surface area contributed by atoms with E-state index in [0.717, 1.165) is 76.6 Å². The van der Waals surface area contributed by atoms with Crippen molar-refractivity contribution in [1.82, 2.24) is 46.2 Å². The van der Waals surface area contributed by atoms with Crippen LogP contribution in [0.1, 0.15) is 56.9 Å². The minimum Gasteiger partial charge on any atom is -0.453 e. The average Bonchev–Trinajstić information content (AvgIpc) is 3.34. The number of hydrazine groups is 1. The number of benzene rings is 2. The van der Waals surface area contributed by atoms with Crippen LogP contribution in [0, 0.1) is 34.3 Å². The van der Waals surface area contributed by atoms with E-state index in [1.165, 1.54) is 18.5 Å². The third kappa shape index (κ3) is 14.6. The van der Waals surface area contributed by atoms with Crippen molar-refractivity contribution in [3.63, 3.8) is 0 Å². The fraction of sp³-hybridized carbons (Fsp3) is 0.471. The number of pyridine rings is 1. The molecule has 4 aromatic rings. The van der Waals surface area contributed by atoms with Gasteiger partial charge >= 0.3 is 18.4 Å². The van der Waals surface area contributed by atoms with Crippen molar-refractivity contribution >= 4 is 29.8 Å². The van der Waals surface area contributed by atoms with Crippen LogP contribution in [0.4, 0.5) is 37.4 Å². The monoisotopic (exact) mass is 1040 g/mol. The number of carbonyl (C=O) groups is 4. The third-order valence-corrected chi connectivity index (χ3v) is 12.8. The van der Waals surface area contributed by atoms with Gasteiger partial charge in [0.25, 0.3) is 5.91 Å². The molecular weight excluding hydrogens is 976 g/mol. The van der Waals surface area contributed by atoms with Crippen LogP contribution in [-0.4, -0.2) is 151 Å². The highest BCUT2D eigenvalue weighted by Crippen LogP contribution is 2.40. The molecule has 4 heterocycles. The first-order valence-electron chi connectivity index (χ1n) is 23.7. The molecule has 0 radical (unpaired) electrons. The molecule has 6 rings (SSSR count). The van der Waals surface area contributed by atoms with Gasteiger partial charge in [-0.05, 0) is 73.7 Å². The first-order valence-corrected chi connectivity index (χ1v) is 23.7. The number of anilines is 1. The van der Waals surface area contributed by atoms with Gasteiger partial charge in [-0.1, -0.05) is 44.7 Å². The third-order valence-electron chi connectivity index (χ3n) is 12.8. The van der Waals surface area contributed by atoms with Crippen LogP contribution in [0.2, 0.25) is 0 Å². The second-order valence-electron chi connectivity index (χ2n) is 19.5. The SMILES string of the molecule is COC(=O)NC(C(=O)NN(Cc1c(F)cc(-c2ncccn2)cc1F)CC(O)C(Cc1ccc(C#Cc2ccc(N3CCN(C4COC4)CC3)nc2)cc1)NC(=O)C(NC(=O)OC)C(C)(C)C(F)(F)F)C(C)(C)C. The van der Waals surface area contributed by atoms with Crippen LogP contribution < -0.4 is 26.3 Å². The molecule has 0 bridgehead atoms. The van der Waals surface area contributed by atoms with Gasteiger partial charge in [0, 0.05) is 80.1 Å². The van der Waals surface area contributed by atoms with Crippen LogP contribution >= 0.6 is 0 Å². The first-order chi connectivity index (χ1) is 35.0. The quantitative estimate of drug-likeness (QED) is 0.0550. The Balaban J connectivity index is 1.28. The van der Waals surface area contributed by atoms with Crippen molar-refractivity contribution < 1.29 is 60.4 Å². The molecule has 18 nitrogen and oxygen atoms in total. The van der Waals surface area contributed by atoms with Crippen LogP contribution in [0.15, 0.2) is 73.2 Å². The number of nitrogens with zero attached hydrogens (tertiary/aromatic N) is 6. The molecule has 23 heteroatoms. The predicted molar refractivity (Wildman–Crippen MR) is 261 cm³/mol. The number of hydrogen-bond donors (Lipinski definition) is 5. The number of methoxy groups -OCH3 is 2. The van der Waals surface area contributed by atoms with Crippen LogP contribution in [0.5, 0.6) is 0 Å². The Bertz CT molecular complexity index is 2610. The van der Waals surface area contributed by atoms with Crippen LogP contribution in [0.25, 0.3) is 11.4 Å².